The van der Waals surface area contributed by atoms with Crippen LogP contribution in [-0.2, 0) is 4.79 Å². The van der Waals surface area contributed by atoms with Crippen molar-refractivity contribution < 1.29 is 18.3 Å². The number of nitrogens with one attached hydrogen (secondary N) is 3. The number of para-hydroxylation sites is 1. The van der Waals surface area contributed by atoms with Crippen molar-refractivity contribution in [1.29, 1.82) is 0 Å². The summed E-state index contributed by atoms with van der Waals surface area (Å²) in [5, 5.41) is 9.04. The largest absolute Gasteiger partial charge is 0.494 e. The molecule has 0 saturated carbocycles. The molecular formula is C31H33F2N7O2. The van der Waals surface area contributed by atoms with E-state index in [0.29, 0.717) is 40.6 Å². The molecule has 1 amide bonds. The Kier molecular flexibility index (Phi) is 9.66. The Balaban J connectivity index is 1.75. The van der Waals surface area contributed by atoms with Crippen molar-refractivity contribution in [2.24, 2.45) is 0 Å². The predicted octanol–water partition coefficient (Wildman–Crippen LogP) is 6.04. The van der Waals surface area contributed by atoms with Gasteiger partial charge < -0.3 is 30.5 Å². The molecule has 4 rings (SSSR count). The molecule has 218 valence electrons. The second kappa shape index (κ2) is 13.6. The van der Waals surface area contributed by atoms with E-state index in [1.165, 1.54) is 31.4 Å². The van der Waals surface area contributed by atoms with Gasteiger partial charge in [-0.05, 0) is 56.1 Å². The van der Waals surface area contributed by atoms with Crippen molar-refractivity contribution >= 4 is 40.4 Å². The van der Waals surface area contributed by atoms with Gasteiger partial charge in [0.15, 0.2) is 0 Å². The molecule has 0 saturated heterocycles. The number of likely N-dealkylation sites (N-methyl/N-ethyl adjacent to an activating group) is 2. The van der Waals surface area contributed by atoms with Gasteiger partial charge in [0.25, 0.3) is 0 Å². The Bertz CT molecular complexity index is 1560. The predicted molar refractivity (Wildman–Crippen MR) is 164 cm³/mol. The minimum absolute atomic E-state index is 0.174. The molecule has 0 unspecified atom stereocenters. The van der Waals surface area contributed by atoms with Gasteiger partial charge in [-0.2, -0.15) is 4.98 Å². The smallest absolute Gasteiger partial charge is 0.247 e. The van der Waals surface area contributed by atoms with Crippen LogP contribution >= 0.6 is 0 Å². The lowest BCUT2D eigenvalue weighted by atomic mass is 10.1. The van der Waals surface area contributed by atoms with Crippen LogP contribution in [0.1, 0.15) is 0 Å². The van der Waals surface area contributed by atoms with E-state index in [2.05, 4.69) is 37.4 Å². The summed E-state index contributed by atoms with van der Waals surface area (Å²) in [6, 6.07) is 15.6. The van der Waals surface area contributed by atoms with Crippen LogP contribution in [-0.4, -0.2) is 62.1 Å². The highest BCUT2D eigenvalue weighted by Crippen LogP contribution is 2.38. The van der Waals surface area contributed by atoms with Crippen LogP contribution < -0.4 is 25.6 Å². The van der Waals surface area contributed by atoms with Crippen molar-refractivity contribution in [2.75, 3.05) is 62.2 Å². The maximum Gasteiger partial charge on any atom is 0.247 e. The highest BCUT2D eigenvalue weighted by Gasteiger charge is 2.18. The first-order valence-corrected chi connectivity index (χ1v) is 13.1. The fourth-order valence-corrected chi connectivity index (χ4v) is 4.09. The van der Waals surface area contributed by atoms with Crippen LogP contribution in [0.3, 0.4) is 0 Å². The topological polar surface area (TPSA) is 94.6 Å². The first kappa shape index (κ1) is 29.9. The summed E-state index contributed by atoms with van der Waals surface area (Å²) < 4.78 is 33.8. The Morgan fingerprint density at radius 2 is 1.71 bits per heavy atom. The van der Waals surface area contributed by atoms with E-state index < -0.39 is 5.82 Å². The number of anilines is 6. The lowest BCUT2D eigenvalue weighted by Gasteiger charge is -2.26. The van der Waals surface area contributed by atoms with E-state index in [1.807, 2.05) is 32.1 Å². The number of ether oxygens (including phenoxy) is 1. The summed E-state index contributed by atoms with van der Waals surface area (Å²) in [6.07, 6.45) is 2.75. The zero-order valence-electron chi connectivity index (χ0n) is 23.9. The van der Waals surface area contributed by atoms with Crippen molar-refractivity contribution in [3.8, 4) is 16.9 Å². The maximum absolute atomic E-state index is 14.6. The molecule has 0 aliphatic heterocycles. The van der Waals surface area contributed by atoms with Crippen LogP contribution in [0.5, 0.6) is 5.75 Å². The van der Waals surface area contributed by atoms with E-state index in [0.717, 1.165) is 12.2 Å². The van der Waals surface area contributed by atoms with Gasteiger partial charge in [-0.1, -0.05) is 30.8 Å². The van der Waals surface area contributed by atoms with Gasteiger partial charge in [0, 0.05) is 38.0 Å². The normalized spacial score (nSPS) is 10.7. The molecule has 0 aliphatic carbocycles. The summed E-state index contributed by atoms with van der Waals surface area (Å²) in [6.45, 7) is 5.04. The van der Waals surface area contributed by atoms with E-state index in [4.69, 9.17) is 4.74 Å². The van der Waals surface area contributed by atoms with Gasteiger partial charge in [0.2, 0.25) is 11.9 Å². The first-order chi connectivity index (χ1) is 20.2. The molecule has 0 atom stereocenters. The highest BCUT2D eigenvalue weighted by molar-refractivity contribution is 6.02. The number of rotatable bonds is 12. The molecular weight excluding hydrogens is 540 g/mol. The lowest BCUT2D eigenvalue weighted by Crippen LogP contribution is -2.29. The highest BCUT2D eigenvalue weighted by atomic mass is 19.1. The summed E-state index contributed by atoms with van der Waals surface area (Å²) in [5.74, 6) is -0.272. The van der Waals surface area contributed by atoms with Crippen LogP contribution in [0, 0.1) is 11.6 Å². The molecule has 1 heterocycles. The van der Waals surface area contributed by atoms with Gasteiger partial charge >= 0.3 is 0 Å². The zero-order valence-corrected chi connectivity index (χ0v) is 23.9. The van der Waals surface area contributed by atoms with Gasteiger partial charge in [0.1, 0.15) is 23.2 Å². The summed E-state index contributed by atoms with van der Waals surface area (Å²) in [4.78, 5) is 25.4. The number of carbonyl (C=O) groups excluding carboxylic acids is 1. The molecule has 11 heteroatoms. The second-order valence-corrected chi connectivity index (χ2v) is 9.68. The third kappa shape index (κ3) is 7.38. The molecule has 0 spiro atoms. The Hall–Kier alpha value is -5.03. The fraction of sp³-hybridized carbons (Fsp3) is 0.194. The van der Waals surface area contributed by atoms with E-state index in [9.17, 15) is 13.6 Å². The third-order valence-corrected chi connectivity index (χ3v) is 6.37. The quantitative estimate of drug-likeness (QED) is 0.177. The van der Waals surface area contributed by atoms with Crippen molar-refractivity contribution in [3.63, 3.8) is 0 Å². The van der Waals surface area contributed by atoms with Gasteiger partial charge in [0.05, 0.1) is 29.9 Å². The molecule has 3 aromatic carbocycles. The number of hydrogen-bond acceptors (Lipinski definition) is 8. The fourth-order valence-electron chi connectivity index (χ4n) is 4.09. The second-order valence-electron chi connectivity index (χ2n) is 9.68. The monoisotopic (exact) mass is 573 g/mol. The Morgan fingerprint density at radius 3 is 2.38 bits per heavy atom. The maximum atomic E-state index is 14.6. The van der Waals surface area contributed by atoms with Gasteiger partial charge in [-0.25, -0.2) is 13.8 Å². The molecule has 9 nitrogen and oxygen atoms in total. The summed E-state index contributed by atoms with van der Waals surface area (Å²) in [5.41, 5.74) is 3.13. The third-order valence-electron chi connectivity index (χ3n) is 6.37. The lowest BCUT2D eigenvalue weighted by molar-refractivity contribution is -0.111. The van der Waals surface area contributed by atoms with Crippen LogP contribution in [0.25, 0.3) is 11.1 Å². The number of methoxy groups -OCH3 is 1. The van der Waals surface area contributed by atoms with Crippen molar-refractivity contribution in [2.45, 2.75) is 0 Å². The average Bonchev–Trinajstić information content (AvgIpc) is 2.98. The number of benzene rings is 3. The number of halogens is 2. The molecule has 42 heavy (non-hydrogen) atoms. The standard InChI is InChI=1S/C31H33F2N7O2/c1-6-29(41)35-25-17-26(28(42-5)18-27(25)40(4)16-15-39(2)3)37-31-34-19-22(20-11-13-21(32)14-12-20)30(38-31)36-24-10-8-7-9-23(24)33/h6-14,17-19H,1,15-16H2,2-5H3,(H,35,41)(H2,34,36,37,38). The van der Waals surface area contributed by atoms with Gasteiger partial charge in [-0.3, -0.25) is 4.79 Å². The number of amides is 1. The molecule has 0 radical (unpaired) electrons. The number of hydrogen-bond donors (Lipinski definition) is 3. The zero-order chi connectivity index (χ0) is 30.2. The molecule has 1 aromatic heterocycles. The van der Waals surface area contributed by atoms with Crippen molar-refractivity contribution in [3.05, 3.63) is 91.1 Å². The number of nitrogens with zero attached hydrogens (tertiary/aromatic N) is 4. The van der Waals surface area contributed by atoms with E-state index >= 15 is 0 Å². The molecule has 3 N–H and O–H groups in total. The minimum atomic E-state index is -0.464. The van der Waals surface area contributed by atoms with Gasteiger partial charge in [-0.15, -0.1) is 0 Å². The molecule has 0 bridgehead atoms. The number of aromatic nitrogens is 2. The minimum Gasteiger partial charge on any atom is -0.494 e. The van der Waals surface area contributed by atoms with E-state index in [-0.39, 0.29) is 23.4 Å². The Morgan fingerprint density at radius 1 is 0.976 bits per heavy atom. The van der Waals surface area contributed by atoms with Crippen LogP contribution in [0.4, 0.5) is 43.3 Å². The van der Waals surface area contributed by atoms with Crippen LogP contribution in [0.2, 0.25) is 0 Å². The molecule has 0 fully saturated rings. The average molecular weight is 574 g/mol. The van der Waals surface area contributed by atoms with E-state index in [1.54, 1.807) is 42.6 Å². The first-order valence-electron chi connectivity index (χ1n) is 13.1. The summed E-state index contributed by atoms with van der Waals surface area (Å²) >= 11 is 0. The Labute approximate surface area is 243 Å². The molecule has 0 aliphatic rings. The summed E-state index contributed by atoms with van der Waals surface area (Å²) in [7, 11) is 7.43. The molecule has 4 aromatic rings. The van der Waals surface area contributed by atoms with Crippen LogP contribution in [0.15, 0.2) is 79.5 Å². The van der Waals surface area contributed by atoms with Crippen molar-refractivity contribution in [1.82, 2.24) is 14.9 Å². The number of carbonyl (C=O) groups is 1. The SMILES string of the molecule is C=CC(=O)Nc1cc(Nc2ncc(-c3ccc(F)cc3)c(Nc3ccccc3F)n2)c(OC)cc1N(C)CCN(C)C.